The molecule has 1 aliphatic rings. The SMILES string of the molecule is Nc1ccc(C(=O)NC2CCC(=O)NC2=O)cc1. The Hall–Kier alpha value is -2.37. The van der Waals surface area contributed by atoms with E-state index in [1.807, 2.05) is 0 Å². The molecule has 0 aromatic heterocycles. The van der Waals surface area contributed by atoms with Crippen LogP contribution in [0.1, 0.15) is 23.2 Å². The van der Waals surface area contributed by atoms with E-state index >= 15 is 0 Å². The van der Waals surface area contributed by atoms with Gasteiger partial charge in [0.1, 0.15) is 6.04 Å². The molecule has 0 radical (unpaired) electrons. The lowest BCUT2D eigenvalue weighted by molar-refractivity contribution is -0.134. The Morgan fingerprint density at radius 2 is 1.94 bits per heavy atom. The highest BCUT2D eigenvalue weighted by Crippen LogP contribution is 2.08. The molecule has 1 aromatic rings. The number of rotatable bonds is 2. The number of anilines is 1. The molecule has 4 N–H and O–H groups in total. The number of nitrogens with two attached hydrogens (primary N) is 1. The molecule has 18 heavy (non-hydrogen) atoms. The second kappa shape index (κ2) is 4.87. The third-order valence-corrected chi connectivity index (χ3v) is 2.72. The van der Waals surface area contributed by atoms with Gasteiger partial charge in [0.15, 0.2) is 0 Å². The summed E-state index contributed by atoms with van der Waals surface area (Å²) in [6, 6.07) is 5.72. The van der Waals surface area contributed by atoms with Crippen LogP contribution in [-0.4, -0.2) is 23.8 Å². The van der Waals surface area contributed by atoms with Crippen molar-refractivity contribution in [3.05, 3.63) is 29.8 Å². The van der Waals surface area contributed by atoms with Crippen molar-refractivity contribution in [1.29, 1.82) is 0 Å². The summed E-state index contributed by atoms with van der Waals surface area (Å²) in [5.74, 6) is -1.13. The van der Waals surface area contributed by atoms with E-state index in [1.165, 1.54) is 0 Å². The second-order valence-electron chi connectivity index (χ2n) is 4.10. The van der Waals surface area contributed by atoms with Crippen LogP contribution >= 0.6 is 0 Å². The Labute approximate surface area is 104 Å². The highest BCUT2D eigenvalue weighted by molar-refractivity contribution is 6.03. The fourth-order valence-electron chi connectivity index (χ4n) is 1.71. The molecule has 6 heteroatoms. The molecule has 1 heterocycles. The van der Waals surface area contributed by atoms with Crippen LogP contribution in [0, 0.1) is 0 Å². The molecular formula is C12H13N3O3. The van der Waals surface area contributed by atoms with E-state index in [1.54, 1.807) is 24.3 Å². The number of imide groups is 1. The average molecular weight is 247 g/mol. The highest BCUT2D eigenvalue weighted by atomic mass is 16.2. The van der Waals surface area contributed by atoms with Gasteiger partial charge >= 0.3 is 0 Å². The number of carbonyl (C=O) groups is 3. The molecule has 94 valence electrons. The first-order chi connectivity index (χ1) is 8.56. The molecule has 1 aromatic carbocycles. The van der Waals surface area contributed by atoms with Gasteiger partial charge in [-0.25, -0.2) is 0 Å². The number of piperidine rings is 1. The number of nitrogens with one attached hydrogen (secondary N) is 2. The summed E-state index contributed by atoms with van der Waals surface area (Å²) in [6.45, 7) is 0. The zero-order valence-corrected chi connectivity index (χ0v) is 9.60. The summed E-state index contributed by atoms with van der Waals surface area (Å²) in [7, 11) is 0. The van der Waals surface area contributed by atoms with E-state index in [2.05, 4.69) is 10.6 Å². The lowest BCUT2D eigenvalue weighted by atomic mass is 10.1. The number of carbonyl (C=O) groups excluding carboxylic acids is 3. The summed E-state index contributed by atoms with van der Waals surface area (Å²) in [6.07, 6.45) is 0.559. The monoisotopic (exact) mass is 247 g/mol. The maximum Gasteiger partial charge on any atom is 0.251 e. The zero-order chi connectivity index (χ0) is 13.1. The maximum atomic E-state index is 11.8. The van der Waals surface area contributed by atoms with Gasteiger partial charge in [0.25, 0.3) is 5.91 Å². The number of hydrogen-bond acceptors (Lipinski definition) is 4. The van der Waals surface area contributed by atoms with Crippen LogP contribution in [0.25, 0.3) is 0 Å². The van der Waals surface area contributed by atoms with E-state index in [-0.39, 0.29) is 18.2 Å². The van der Waals surface area contributed by atoms with Gasteiger partial charge in [0, 0.05) is 17.7 Å². The molecule has 1 aliphatic heterocycles. The van der Waals surface area contributed by atoms with Crippen molar-refractivity contribution in [3.8, 4) is 0 Å². The van der Waals surface area contributed by atoms with E-state index in [9.17, 15) is 14.4 Å². The van der Waals surface area contributed by atoms with Crippen LogP contribution in [-0.2, 0) is 9.59 Å². The van der Waals surface area contributed by atoms with E-state index in [4.69, 9.17) is 5.73 Å². The normalized spacial score (nSPS) is 19.2. The van der Waals surface area contributed by atoms with Crippen LogP contribution in [0.15, 0.2) is 24.3 Å². The fraction of sp³-hybridized carbons (Fsp3) is 0.250. The molecular weight excluding hydrogens is 234 g/mol. The van der Waals surface area contributed by atoms with Crippen LogP contribution in [0.4, 0.5) is 5.69 Å². The first-order valence-electron chi connectivity index (χ1n) is 5.56. The molecule has 1 unspecified atom stereocenters. The summed E-state index contributed by atoms with van der Waals surface area (Å²) < 4.78 is 0. The van der Waals surface area contributed by atoms with Crippen LogP contribution in [0.2, 0.25) is 0 Å². The van der Waals surface area contributed by atoms with Gasteiger partial charge in [-0.2, -0.15) is 0 Å². The van der Waals surface area contributed by atoms with Crippen LogP contribution < -0.4 is 16.4 Å². The molecule has 6 nitrogen and oxygen atoms in total. The quantitative estimate of drug-likeness (QED) is 0.497. The third-order valence-electron chi connectivity index (χ3n) is 2.72. The van der Waals surface area contributed by atoms with E-state index < -0.39 is 11.9 Å². The van der Waals surface area contributed by atoms with Gasteiger partial charge in [-0.1, -0.05) is 0 Å². The summed E-state index contributed by atoms with van der Waals surface area (Å²) in [5.41, 5.74) is 6.50. The molecule has 0 saturated carbocycles. The lowest BCUT2D eigenvalue weighted by Crippen LogP contribution is -2.52. The predicted octanol–water partition coefficient (Wildman–Crippen LogP) is -0.196. The van der Waals surface area contributed by atoms with Crippen molar-refractivity contribution < 1.29 is 14.4 Å². The minimum atomic E-state index is -0.659. The maximum absolute atomic E-state index is 11.8. The first-order valence-corrected chi connectivity index (χ1v) is 5.56. The third kappa shape index (κ3) is 2.65. The van der Waals surface area contributed by atoms with Crippen molar-refractivity contribution in [1.82, 2.24) is 10.6 Å². The molecule has 0 aliphatic carbocycles. The molecule has 1 saturated heterocycles. The Morgan fingerprint density at radius 1 is 1.28 bits per heavy atom. The van der Waals surface area contributed by atoms with Gasteiger partial charge in [0.2, 0.25) is 11.8 Å². The van der Waals surface area contributed by atoms with E-state index in [0.29, 0.717) is 17.7 Å². The van der Waals surface area contributed by atoms with Crippen molar-refractivity contribution in [2.24, 2.45) is 0 Å². The molecule has 3 amide bonds. The Balaban J connectivity index is 2.01. The number of amides is 3. The Bertz CT molecular complexity index is 496. The standard InChI is InChI=1S/C12H13N3O3/c13-8-3-1-7(2-4-8)11(17)14-9-5-6-10(16)15-12(9)18/h1-4,9H,5-6,13H2,(H,14,17)(H,15,16,18). The second-order valence-corrected chi connectivity index (χ2v) is 4.10. The fourth-order valence-corrected chi connectivity index (χ4v) is 1.71. The lowest BCUT2D eigenvalue weighted by Gasteiger charge is -2.21. The van der Waals surface area contributed by atoms with Gasteiger partial charge < -0.3 is 11.1 Å². The molecule has 1 atom stereocenters. The topological polar surface area (TPSA) is 101 Å². The molecule has 1 fully saturated rings. The van der Waals surface area contributed by atoms with Crippen molar-refractivity contribution in [2.75, 3.05) is 5.73 Å². The number of hydrogen-bond donors (Lipinski definition) is 3. The highest BCUT2D eigenvalue weighted by Gasteiger charge is 2.27. The Kier molecular flexibility index (Phi) is 3.27. The Morgan fingerprint density at radius 3 is 2.56 bits per heavy atom. The molecule has 2 rings (SSSR count). The largest absolute Gasteiger partial charge is 0.399 e. The van der Waals surface area contributed by atoms with Crippen LogP contribution in [0.3, 0.4) is 0 Å². The zero-order valence-electron chi connectivity index (χ0n) is 9.60. The van der Waals surface area contributed by atoms with E-state index in [0.717, 1.165) is 0 Å². The van der Waals surface area contributed by atoms with Crippen molar-refractivity contribution >= 4 is 23.4 Å². The minimum absolute atomic E-state index is 0.235. The van der Waals surface area contributed by atoms with Gasteiger partial charge in [-0.3, -0.25) is 19.7 Å². The van der Waals surface area contributed by atoms with Crippen LogP contribution in [0.5, 0.6) is 0 Å². The number of benzene rings is 1. The minimum Gasteiger partial charge on any atom is -0.399 e. The predicted molar refractivity (Wildman–Crippen MR) is 64.5 cm³/mol. The number of nitrogen functional groups attached to an aromatic ring is 1. The summed E-state index contributed by atoms with van der Waals surface area (Å²) in [4.78, 5) is 34.2. The summed E-state index contributed by atoms with van der Waals surface area (Å²) >= 11 is 0. The first kappa shape index (κ1) is 12.1. The summed E-state index contributed by atoms with van der Waals surface area (Å²) in [5, 5.41) is 4.76. The van der Waals surface area contributed by atoms with Gasteiger partial charge in [-0.05, 0) is 30.7 Å². The average Bonchev–Trinajstić information content (AvgIpc) is 2.33. The van der Waals surface area contributed by atoms with Gasteiger partial charge in [0.05, 0.1) is 0 Å². The van der Waals surface area contributed by atoms with Crippen molar-refractivity contribution in [2.45, 2.75) is 18.9 Å². The van der Waals surface area contributed by atoms with Gasteiger partial charge in [-0.15, -0.1) is 0 Å². The molecule has 0 bridgehead atoms. The smallest absolute Gasteiger partial charge is 0.251 e. The molecule has 0 spiro atoms. The van der Waals surface area contributed by atoms with Crippen molar-refractivity contribution in [3.63, 3.8) is 0 Å².